The zero-order chi connectivity index (χ0) is 43.1. The average Bonchev–Trinajstić information content (AvgIpc) is 3.12. The summed E-state index contributed by atoms with van der Waals surface area (Å²) in [4.78, 5) is 40.7. The van der Waals surface area contributed by atoms with Crippen LogP contribution in [0.4, 0.5) is 15.3 Å². The molecule has 6 rings (SSSR count). The van der Waals surface area contributed by atoms with Crippen molar-refractivity contribution in [2.24, 2.45) is 37.9 Å². The van der Waals surface area contributed by atoms with E-state index in [1.807, 2.05) is 122 Å². The minimum Gasteiger partial charge on any atom is -0.384 e. The van der Waals surface area contributed by atoms with Crippen LogP contribution >= 0.6 is 0 Å². The predicted octanol–water partition coefficient (Wildman–Crippen LogP) is 5.73. The SMILES string of the molecule is CC1(C)N=C(N)N=C(N)N1c1cccc(CCC(=O)Cc2ccccc2)c1.Cc1cc(CC(=O)CCc2ccc(N3C(N)=NC(N)=CC3(C)C)cc2)ccc1S(=O)(=O)F. The molecule has 15 heteroatoms. The molecule has 0 unspecified atom stereocenters. The first-order chi connectivity index (χ1) is 27.7. The maximum Gasteiger partial charge on any atom is 0.332 e. The first-order valence-corrected chi connectivity index (χ1v) is 20.5. The minimum atomic E-state index is -4.76. The van der Waals surface area contributed by atoms with Gasteiger partial charge in [-0.25, -0.2) is 4.99 Å². The number of benzene rings is 4. The van der Waals surface area contributed by atoms with E-state index in [0.29, 0.717) is 55.4 Å². The Morgan fingerprint density at radius 1 is 0.661 bits per heavy atom. The fourth-order valence-electron chi connectivity index (χ4n) is 7.21. The smallest absolute Gasteiger partial charge is 0.332 e. The minimum absolute atomic E-state index is 0.0125. The van der Waals surface area contributed by atoms with Crippen molar-refractivity contribution in [2.75, 3.05) is 9.80 Å². The van der Waals surface area contributed by atoms with Crippen molar-refractivity contribution in [1.82, 2.24) is 0 Å². The molecule has 0 fully saturated rings. The van der Waals surface area contributed by atoms with E-state index >= 15 is 0 Å². The Bertz CT molecular complexity index is 2430. The normalized spacial score (nSPS) is 15.8. The van der Waals surface area contributed by atoms with E-state index in [1.165, 1.54) is 25.1 Å². The van der Waals surface area contributed by atoms with Crippen LogP contribution < -0.4 is 32.7 Å². The summed E-state index contributed by atoms with van der Waals surface area (Å²) in [7, 11) is -4.76. The lowest BCUT2D eigenvalue weighted by Crippen LogP contribution is -2.54. The van der Waals surface area contributed by atoms with Crippen molar-refractivity contribution in [3.8, 4) is 0 Å². The number of rotatable bonds is 13. The zero-order valence-electron chi connectivity index (χ0n) is 34.0. The largest absolute Gasteiger partial charge is 0.384 e. The highest BCUT2D eigenvalue weighted by atomic mass is 32.3. The van der Waals surface area contributed by atoms with Crippen molar-refractivity contribution in [1.29, 1.82) is 0 Å². The molecule has 2 aliphatic rings. The molecule has 0 amide bonds. The topological polar surface area (TPSA) is 216 Å². The molecule has 0 saturated carbocycles. The van der Waals surface area contributed by atoms with Crippen LogP contribution in [-0.2, 0) is 45.5 Å². The Kier molecular flexibility index (Phi) is 13.4. The van der Waals surface area contributed by atoms with Crippen LogP contribution in [0.1, 0.15) is 68.4 Å². The Morgan fingerprint density at radius 2 is 1.24 bits per heavy atom. The molecular formula is C44H52FN9O4S. The van der Waals surface area contributed by atoms with E-state index in [-0.39, 0.29) is 34.4 Å². The quantitative estimate of drug-likeness (QED) is 0.120. The van der Waals surface area contributed by atoms with Gasteiger partial charge in [0.05, 0.1) is 5.54 Å². The van der Waals surface area contributed by atoms with Crippen LogP contribution in [-0.4, -0.2) is 49.1 Å². The Balaban J connectivity index is 0.000000227. The number of hydrogen-bond donors (Lipinski definition) is 4. The van der Waals surface area contributed by atoms with E-state index in [4.69, 9.17) is 22.9 Å². The fraction of sp³-hybridized carbons (Fsp3) is 0.295. The molecule has 0 atom stereocenters. The highest BCUT2D eigenvalue weighted by Crippen LogP contribution is 2.30. The molecule has 310 valence electrons. The maximum absolute atomic E-state index is 13.2. The van der Waals surface area contributed by atoms with Crippen LogP contribution in [0.25, 0.3) is 0 Å². The number of nitrogens with two attached hydrogens (primary N) is 4. The molecule has 0 aliphatic carbocycles. The number of aliphatic imine (C=N–C) groups is 3. The Labute approximate surface area is 345 Å². The van der Waals surface area contributed by atoms with Gasteiger partial charge < -0.3 is 27.8 Å². The highest BCUT2D eigenvalue weighted by Gasteiger charge is 2.33. The number of carbonyl (C=O) groups excluding carboxylic acids is 2. The predicted molar refractivity (Wildman–Crippen MR) is 233 cm³/mol. The monoisotopic (exact) mass is 821 g/mol. The second kappa shape index (κ2) is 18.1. The number of nitrogens with zero attached hydrogens (tertiary/aromatic N) is 5. The van der Waals surface area contributed by atoms with Crippen molar-refractivity contribution in [3.05, 3.63) is 137 Å². The number of ketones is 2. The van der Waals surface area contributed by atoms with E-state index in [0.717, 1.165) is 28.1 Å². The summed E-state index contributed by atoms with van der Waals surface area (Å²) in [6.07, 6.45) is 4.54. The Hall–Kier alpha value is -6.35. The van der Waals surface area contributed by atoms with Crippen molar-refractivity contribution in [3.63, 3.8) is 0 Å². The van der Waals surface area contributed by atoms with Crippen LogP contribution in [0.5, 0.6) is 0 Å². The standard InChI is InChI=1S/C23H27FN4O3S.C21H25N5O/c1-15-12-17(7-11-20(15)32(24,30)31)13-19(29)10-6-16-4-8-18(9-5-16)28-22(26)27-21(25)14-23(28,2)3;1-21(2)25-19(22)24-20(23)26(21)17-10-6-9-16(13-17)11-12-18(27)14-15-7-4-3-5-8-15/h4-5,7-9,11-12,14H,6,10,13,25H2,1-3H3,(H2,26,27);3-10,13H,11-12,14H2,1-2H3,(H4,22,23,24,25). The molecule has 0 radical (unpaired) electrons. The second-order valence-electron chi connectivity index (χ2n) is 15.6. The second-order valence-corrected chi connectivity index (χ2v) is 16.9. The zero-order valence-corrected chi connectivity index (χ0v) is 34.8. The summed E-state index contributed by atoms with van der Waals surface area (Å²) < 4.78 is 35.4. The third kappa shape index (κ3) is 11.6. The summed E-state index contributed by atoms with van der Waals surface area (Å²) in [6.45, 7) is 9.35. The number of guanidine groups is 3. The van der Waals surface area contributed by atoms with Gasteiger partial charge >= 0.3 is 10.2 Å². The number of Topliss-reactive ketones (excluding diaryl/α,β-unsaturated/α-hetero) is 2. The molecule has 0 saturated heterocycles. The first kappa shape index (κ1) is 43.8. The summed E-state index contributed by atoms with van der Waals surface area (Å²) in [5.74, 6) is 1.43. The maximum atomic E-state index is 13.2. The summed E-state index contributed by atoms with van der Waals surface area (Å²) in [5.41, 5.74) is 28.5. The van der Waals surface area contributed by atoms with Gasteiger partial charge in [-0.05, 0) is 112 Å². The van der Waals surface area contributed by atoms with Gasteiger partial charge in [-0.1, -0.05) is 66.7 Å². The van der Waals surface area contributed by atoms with Crippen molar-refractivity contribution in [2.45, 2.75) is 89.2 Å². The van der Waals surface area contributed by atoms with E-state index in [9.17, 15) is 21.9 Å². The van der Waals surface area contributed by atoms with Crippen LogP contribution in [0, 0.1) is 6.92 Å². The third-order valence-electron chi connectivity index (χ3n) is 9.84. The number of aryl methyl sites for hydroxylation is 3. The van der Waals surface area contributed by atoms with Crippen molar-refractivity contribution < 1.29 is 21.9 Å². The van der Waals surface area contributed by atoms with E-state index < -0.39 is 21.4 Å². The number of anilines is 2. The van der Waals surface area contributed by atoms with Gasteiger partial charge in [0, 0.05) is 37.1 Å². The number of carbonyl (C=O) groups is 2. The molecule has 8 N–H and O–H groups in total. The average molecular weight is 822 g/mol. The van der Waals surface area contributed by atoms with Crippen LogP contribution in [0.2, 0.25) is 0 Å². The molecule has 2 heterocycles. The molecule has 2 aliphatic heterocycles. The molecule has 0 aromatic heterocycles. The van der Waals surface area contributed by atoms with E-state index in [1.54, 1.807) is 0 Å². The van der Waals surface area contributed by atoms with Gasteiger partial charge in [-0.2, -0.15) is 18.4 Å². The number of hydrogen-bond acceptors (Lipinski definition) is 13. The lowest BCUT2D eigenvalue weighted by molar-refractivity contribution is -0.119. The van der Waals surface area contributed by atoms with Gasteiger partial charge in [0.15, 0.2) is 0 Å². The molecule has 4 aromatic carbocycles. The third-order valence-corrected chi connectivity index (χ3v) is 10.8. The van der Waals surface area contributed by atoms with Crippen molar-refractivity contribution >= 4 is 51.0 Å². The van der Waals surface area contributed by atoms with E-state index in [2.05, 4.69) is 15.0 Å². The Morgan fingerprint density at radius 3 is 1.83 bits per heavy atom. The van der Waals surface area contributed by atoms with Gasteiger partial charge in [-0.3, -0.25) is 14.5 Å². The molecule has 59 heavy (non-hydrogen) atoms. The first-order valence-electron chi connectivity index (χ1n) is 19.1. The summed E-state index contributed by atoms with van der Waals surface area (Å²) in [6, 6.07) is 29.7. The van der Waals surface area contributed by atoms with Crippen LogP contribution in [0.15, 0.2) is 129 Å². The lowest BCUT2D eigenvalue weighted by Gasteiger charge is -2.39. The highest BCUT2D eigenvalue weighted by molar-refractivity contribution is 7.86. The van der Waals surface area contributed by atoms with Gasteiger partial charge in [-0.15, -0.1) is 3.89 Å². The summed E-state index contributed by atoms with van der Waals surface area (Å²) >= 11 is 0. The molecule has 13 nitrogen and oxygen atoms in total. The lowest BCUT2D eigenvalue weighted by atomic mass is 9.98. The summed E-state index contributed by atoms with van der Waals surface area (Å²) in [5, 5.41) is 0. The number of halogens is 1. The fourth-order valence-corrected chi connectivity index (χ4v) is 7.88. The van der Waals surface area contributed by atoms with Gasteiger partial charge in [0.1, 0.15) is 27.9 Å². The van der Waals surface area contributed by atoms with Gasteiger partial charge in [0.2, 0.25) is 17.9 Å². The molecule has 0 spiro atoms. The van der Waals surface area contributed by atoms with Crippen LogP contribution in [0.3, 0.4) is 0 Å². The molecule has 0 bridgehead atoms. The molecule has 4 aromatic rings. The molecular weight excluding hydrogens is 770 g/mol. The van der Waals surface area contributed by atoms with Gasteiger partial charge in [0.25, 0.3) is 0 Å².